The highest BCUT2D eigenvalue weighted by Crippen LogP contribution is 2.18. The Morgan fingerprint density at radius 1 is 1.50 bits per heavy atom. The molecule has 1 rings (SSSR count). The minimum Gasteiger partial charge on any atom is -0.467 e. The molecule has 0 aromatic carbocycles. The van der Waals surface area contributed by atoms with Gasteiger partial charge in [-0.3, -0.25) is 4.79 Å². The first-order valence-corrected chi connectivity index (χ1v) is 6.29. The lowest BCUT2D eigenvalue weighted by atomic mass is 10.3. The number of hydrogen-bond donors (Lipinski definition) is 1. The summed E-state index contributed by atoms with van der Waals surface area (Å²) in [5.41, 5.74) is 0.224. The van der Waals surface area contributed by atoms with Crippen LogP contribution in [0.5, 0.6) is 0 Å². The van der Waals surface area contributed by atoms with E-state index in [1.54, 1.807) is 6.92 Å². The third-order valence-electron chi connectivity index (χ3n) is 2.36. The molecule has 0 aliphatic heterocycles. The number of ether oxygens (including phenoxy) is 1. The van der Waals surface area contributed by atoms with E-state index in [2.05, 4.69) is 31.1 Å². The Morgan fingerprint density at radius 2 is 2.11 bits per heavy atom. The number of aromatic nitrogens is 2. The lowest BCUT2D eigenvalue weighted by Gasteiger charge is -2.15. The van der Waals surface area contributed by atoms with Gasteiger partial charge in [-0.15, -0.1) is 0 Å². The number of anilines is 1. The maximum Gasteiger partial charge on any atom is 0.327 e. The predicted molar refractivity (Wildman–Crippen MR) is 71.7 cm³/mol. The fraction of sp³-hybridized carbons (Fsp3) is 0.545. The zero-order valence-corrected chi connectivity index (χ0v) is 12.3. The van der Waals surface area contributed by atoms with Gasteiger partial charge in [0.05, 0.1) is 25.0 Å². The van der Waals surface area contributed by atoms with Crippen molar-refractivity contribution in [3.63, 3.8) is 0 Å². The van der Waals surface area contributed by atoms with Gasteiger partial charge in [-0.25, -0.2) is 9.48 Å². The van der Waals surface area contributed by atoms with E-state index in [0.717, 1.165) is 0 Å². The van der Waals surface area contributed by atoms with Gasteiger partial charge in [-0.1, -0.05) is 0 Å². The van der Waals surface area contributed by atoms with Gasteiger partial charge in [-0.2, -0.15) is 5.10 Å². The van der Waals surface area contributed by atoms with Crippen molar-refractivity contribution in [1.29, 1.82) is 0 Å². The minimum absolute atomic E-state index is 0.0270. The van der Waals surface area contributed by atoms with Gasteiger partial charge >= 0.3 is 5.97 Å². The Kier molecular flexibility index (Phi) is 4.89. The number of nitrogens with one attached hydrogen (secondary N) is 1. The number of methoxy groups -OCH3 is 1. The van der Waals surface area contributed by atoms with E-state index in [9.17, 15) is 9.59 Å². The van der Waals surface area contributed by atoms with E-state index in [4.69, 9.17) is 0 Å². The number of esters is 1. The minimum atomic E-state index is -0.553. The quantitative estimate of drug-likeness (QED) is 0.853. The van der Waals surface area contributed by atoms with Gasteiger partial charge in [-0.05, 0) is 36.7 Å². The summed E-state index contributed by atoms with van der Waals surface area (Å²) in [6.07, 6.45) is 1.50. The van der Waals surface area contributed by atoms with Gasteiger partial charge in [0.25, 0.3) is 5.56 Å². The van der Waals surface area contributed by atoms with Crippen LogP contribution in [0.25, 0.3) is 0 Å². The van der Waals surface area contributed by atoms with Crippen LogP contribution in [0.2, 0.25) is 0 Å². The second kappa shape index (κ2) is 5.99. The van der Waals surface area contributed by atoms with Crippen LogP contribution in [-0.4, -0.2) is 28.9 Å². The summed E-state index contributed by atoms with van der Waals surface area (Å²) in [6.45, 7) is 5.38. The highest BCUT2D eigenvalue weighted by molar-refractivity contribution is 9.10. The van der Waals surface area contributed by atoms with E-state index in [1.165, 1.54) is 18.0 Å². The molecule has 1 unspecified atom stereocenters. The molecule has 18 heavy (non-hydrogen) atoms. The second-order valence-corrected chi connectivity index (χ2v) is 4.90. The Bertz CT molecular complexity index is 499. The number of rotatable bonds is 4. The van der Waals surface area contributed by atoms with Crippen LogP contribution in [0.4, 0.5) is 5.69 Å². The molecule has 1 N–H and O–H groups in total. The Balaban J connectivity index is 3.03. The standard InChI is InChI=1S/C11H16BrN3O3/c1-6(2)15-10(16)9(12)8(5-13-15)14-7(3)11(17)18-4/h5-7,14H,1-4H3. The van der Waals surface area contributed by atoms with E-state index in [1.807, 2.05) is 13.8 Å². The lowest BCUT2D eigenvalue weighted by molar-refractivity contribution is -0.141. The molecule has 0 spiro atoms. The molecule has 0 fully saturated rings. The maximum atomic E-state index is 11.9. The van der Waals surface area contributed by atoms with Crippen LogP contribution in [-0.2, 0) is 9.53 Å². The number of nitrogens with zero attached hydrogens (tertiary/aromatic N) is 2. The Morgan fingerprint density at radius 3 is 2.61 bits per heavy atom. The van der Waals surface area contributed by atoms with E-state index in [0.29, 0.717) is 10.2 Å². The fourth-order valence-corrected chi connectivity index (χ4v) is 1.78. The van der Waals surface area contributed by atoms with Gasteiger partial charge in [0, 0.05) is 0 Å². The first-order chi connectivity index (χ1) is 8.38. The first-order valence-electron chi connectivity index (χ1n) is 5.50. The summed E-state index contributed by atoms with van der Waals surface area (Å²) in [5.74, 6) is -0.407. The van der Waals surface area contributed by atoms with E-state index < -0.39 is 12.0 Å². The highest BCUT2D eigenvalue weighted by Gasteiger charge is 2.16. The molecule has 0 amide bonds. The molecule has 0 radical (unpaired) electrons. The topological polar surface area (TPSA) is 73.2 Å². The zero-order chi connectivity index (χ0) is 13.9. The van der Waals surface area contributed by atoms with Crippen LogP contribution >= 0.6 is 15.9 Å². The Hall–Kier alpha value is -1.37. The maximum absolute atomic E-state index is 11.9. The summed E-state index contributed by atoms with van der Waals surface area (Å²) >= 11 is 3.21. The van der Waals surface area contributed by atoms with Gasteiger partial charge in [0.15, 0.2) is 0 Å². The molecular formula is C11H16BrN3O3. The van der Waals surface area contributed by atoms with Crippen LogP contribution < -0.4 is 10.9 Å². The predicted octanol–water partition coefficient (Wildman–Crippen LogP) is 1.56. The lowest BCUT2D eigenvalue weighted by Crippen LogP contribution is -2.30. The van der Waals surface area contributed by atoms with Crippen LogP contribution in [0.15, 0.2) is 15.5 Å². The number of hydrogen-bond acceptors (Lipinski definition) is 5. The number of halogens is 1. The van der Waals surface area contributed by atoms with Crippen molar-refractivity contribution in [2.75, 3.05) is 12.4 Å². The van der Waals surface area contributed by atoms with Gasteiger partial charge in [0.2, 0.25) is 0 Å². The molecule has 1 atom stereocenters. The Labute approximate surface area is 113 Å². The molecule has 0 aliphatic rings. The van der Waals surface area contributed by atoms with Crippen LogP contribution in [0, 0.1) is 0 Å². The van der Waals surface area contributed by atoms with Crippen molar-refractivity contribution in [2.24, 2.45) is 0 Å². The van der Waals surface area contributed by atoms with E-state index in [-0.39, 0.29) is 11.6 Å². The first kappa shape index (κ1) is 14.7. The SMILES string of the molecule is COC(=O)C(C)Nc1cnn(C(C)C)c(=O)c1Br. The fourth-order valence-electron chi connectivity index (χ4n) is 1.38. The normalized spacial score (nSPS) is 12.3. The molecule has 6 nitrogen and oxygen atoms in total. The average molecular weight is 318 g/mol. The molecule has 1 heterocycles. The molecule has 100 valence electrons. The van der Waals surface area contributed by atoms with Crippen molar-refractivity contribution >= 4 is 27.6 Å². The summed E-state index contributed by atoms with van der Waals surface area (Å²) in [5, 5.41) is 6.91. The molecule has 1 aromatic rings. The largest absolute Gasteiger partial charge is 0.467 e. The summed E-state index contributed by atoms with van der Waals surface area (Å²) in [6, 6.07) is -0.580. The summed E-state index contributed by atoms with van der Waals surface area (Å²) in [4.78, 5) is 23.2. The summed E-state index contributed by atoms with van der Waals surface area (Å²) in [7, 11) is 1.31. The van der Waals surface area contributed by atoms with Gasteiger partial charge < -0.3 is 10.1 Å². The molecule has 0 saturated heterocycles. The molecular weight excluding hydrogens is 302 g/mol. The monoisotopic (exact) mass is 317 g/mol. The molecule has 0 saturated carbocycles. The highest BCUT2D eigenvalue weighted by atomic mass is 79.9. The van der Waals surface area contributed by atoms with Crippen molar-refractivity contribution in [1.82, 2.24) is 9.78 Å². The molecule has 1 aromatic heterocycles. The third kappa shape index (κ3) is 3.10. The summed E-state index contributed by atoms with van der Waals surface area (Å²) < 4.78 is 6.30. The average Bonchev–Trinajstić information content (AvgIpc) is 2.33. The van der Waals surface area contributed by atoms with Crippen molar-refractivity contribution in [3.8, 4) is 0 Å². The van der Waals surface area contributed by atoms with Crippen LogP contribution in [0.1, 0.15) is 26.8 Å². The number of carbonyl (C=O) groups excluding carboxylic acids is 1. The zero-order valence-electron chi connectivity index (χ0n) is 10.7. The molecule has 0 bridgehead atoms. The number of carbonyl (C=O) groups is 1. The molecule has 7 heteroatoms. The van der Waals surface area contributed by atoms with Crippen molar-refractivity contribution in [3.05, 3.63) is 21.0 Å². The molecule has 0 aliphatic carbocycles. The van der Waals surface area contributed by atoms with Crippen molar-refractivity contribution < 1.29 is 9.53 Å². The third-order valence-corrected chi connectivity index (χ3v) is 3.13. The van der Waals surface area contributed by atoms with Crippen LogP contribution in [0.3, 0.4) is 0 Å². The van der Waals surface area contributed by atoms with Gasteiger partial charge in [0.1, 0.15) is 10.5 Å². The second-order valence-electron chi connectivity index (χ2n) is 4.10. The van der Waals surface area contributed by atoms with Crippen molar-refractivity contribution in [2.45, 2.75) is 32.9 Å². The van der Waals surface area contributed by atoms with E-state index >= 15 is 0 Å². The smallest absolute Gasteiger partial charge is 0.327 e.